The van der Waals surface area contributed by atoms with Gasteiger partial charge in [0.15, 0.2) is 0 Å². The molecule has 2 atom stereocenters. The number of aliphatic hydroxyl groups is 1. The summed E-state index contributed by atoms with van der Waals surface area (Å²) in [5, 5.41) is 13.2. The van der Waals surface area contributed by atoms with E-state index < -0.39 is 6.10 Å². The van der Waals surface area contributed by atoms with E-state index in [-0.39, 0.29) is 12.4 Å². The maximum Gasteiger partial charge on any atom is 0.123 e. The summed E-state index contributed by atoms with van der Waals surface area (Å²) in [7, 11) is 0. The summed E-state index contributed by atoms with van der Waals surface area (Å²) < 4.78 is 18.1. The molecule has 0 bridgehead atoms. The van der Waals surface area contributed by atoms with E-state index in [1.807, 2.05) is 0 Å². The maximum absolute atomic E-state index is 12.7. The van der Waals surface area contributed by atoms with Gasteiger partial charge in [0, 0.05) is 12.6 Å². The Bertz CT molecular complexity index is 378. The highest BCUT2D eigenvalue weighted by atomic mass is 19.1. The van der Waals surface area contributed by atoms with E-state index in [1.54, 1.807) is 12.1 Å². The summed E-state index contributed by atoms with van der Waals surface area (Å²) >= 11 is 0. The van der Waals surface area contributed by atoms with Crippen LogP contribution in [-0.2, 0) is 0 Å². The molecule has 19 heavy (non-hydrogen) atoms. The van der Waals surface area contributed by atoms with Crippen molar-refractivity contribution in [3.8, 4) is 5.75 Å². The Morgan fingerprint density at radius 2 is 2.05 bits per heavy atom. The van der Waals surface area contributed by atoms with Gasteiger partial charge in [-0.15, -0.1) is 0 Å². The normalized spacial score (nSPS) is 18.7. The van der Waals surface area contributed by atoms with Gasteiger partial charge in [0.2, 0.25) is 0 Å². The Kier molecular flexibility index (Phi) is 5.16. The number of hydrogen-bond acceptors (Lipinski definition) is 3. The minimum absolute atomic E-state index is 0.218. The maximum atomic E-state index is 12.7. The van der Waals surface area contributed by atoms with Gasteiger partial charge in [-0.1, -0.05) is 6.42 Å². The Morgan fingerprint density at radius 1 is 1.37 bits per heavy atom. The van der Waals surface area contributed by atoms with Gasteiger partial charge in [-0.05, 0) is 49.9 Å². The summed E-state index contributed by atoms with van der Waals surface area (Å²) in [6, 6.07) is 6.27. The molecule has 1 aliphatic carbocycles. The molecule has 0 aliphatic heterocycles. The van der Waals surface area contributed by atoms with Gasteiger partial charge in [-0.25, -0.2) is 4.39 Å². The highest BCUT2D eigenvalue weighted by Crippen LogP contribution is 2.29. The van der Waals surface area contributed by atoms with Crippen LogP contribution < -0.4 is 10.1 Å². The van der Waals surface area contributed by atoms with Crippen LogP contribution in [0.4, 0.5) is 4.39 Å². The lowest BCUT2D eigenvalue weighted by Crippen LogP contribution is -2.42. The highest BCUT2D eigenvalue weighted by molar-refractivity contribution is 5.22. The molecule has 0 amide bonds. The first-order valence-electron chi connectivity index (χ1n) is 6.95. The molecule has 1 aliphatic rings. The Labute approximate surface area is 113 Å². The van der Waals surface area contributed by atoms with Gasteiger partial charge < -0.3 is 15.2 Å². The number of rotatable bonds is 7. The third-order valence-corrected chi connectivity index (χ3v) is 3.79. The zero-order chi connectivity index (χ0) is 13.7. The number of hydrogen-bond donors (Lipinski definition) is 2. The van der Waals surface area contributed by atoms with Crippen LogP contribution >= 0.6 is 0 Å². The molecule has 2 N–H and O–H groups in total. The molecule has 1 aromatic carbocycles. The molecule has 1 fully saturated rings. The summed E-state index contributed by atoms with van der Waals surface area (Å²) in [4.78, 5) is 0. The van der Waals surface area contributed by atoms with Crippen molar-refractivity contribution >= 4 is 0 Å². The highest BCUT2D eigenvalue weighted by Gasteiger charge is 2.23. The van der Waals surface area contributed by atoms with Crippen LogP contribution in [-0.4, -0.2) is 30.4 Å². The average Bonchev–Trinajstić information content (AvgIpc) is 2.33. The van der Waals surface area contributed by atoms with Crippen molar-refractivity contribution in [2.45, 2.75) is 38.3 Å². The van der Waals surface area contributed by atoms with Crippen LogP contribution in [0, 0.1) is 11.7 Å². The smallest absolute Gasteiger partial charge is 0.123 e. The molecule has 2 rings (SSSR count). The van der Waals surface area contributed by atoms with E-state index in [2.05, 4.69) is 12.2 Å². The molecular formula is C15H22FNO2. The third kappa shape index (κ3) is 4.48. The summed E-state index contributed by atoms with van der Waals surface area (Å²) in [6.45, 7) is 2.91. The molecule has 0 saturated heterocycles. The van der Waals surface area contributed by atoms with Crippen molar-refractivity contribution in [2.75, 3.05) is 13.2 Å². The van der Waals surface area contributed by atoms with E-state index in [4.69, 9.17) is 4.74 Å². The molecule has 0 radical (unpaired) electrons. The first kappa shape index (κ1) is 14.3. The monoisotopic (exact) mass is 267 g/mol. The molecule has 1 saturated carbocycles. The van der Waals surface area contributed by atoms with Crippen molar-refractivity contribution in [1.82, 2.24) is 5.32 Å². The minimum Gasteiger partial charge on any atom is -0.491 e. The first-order chi connectivity index (χ1) is 9.15. The summed E-state index contributed by atoms with van der Waals surface area (Å²) in [5.74, 6) is 1.04. The lowest BCUT2D eigenvalue weighted by molar-refractivity contribution is 0.0981. The number of halogens is 1. The number of nitrogens with one attached hydrogen (secondary N) is 1. The molecule has 0 spiro atoms. The van der Waals surface area contributed by atoms with Crippen LogP contribution in [0.2, 0.25) is 0 Å². The predicted molar refractivity (Wildman–Crippen MR) is 72.7 cm³/mol. The second-order valence-corrected chi connectivity index (χ2v) is 5.31. The molecular weight excluding hydrogens is 245 g/mol. The molecule has 4 heteroatoms. The van der Waals surface area contributed by atoms with E-state index in [0.717, 1.165) is 5.92 Å². The van der Waals surface area contributed by atoms with Gasteiger partial charge in [0.05, 0.1) is 0 Å². The van der Waals surface area contributed by atoms with Crippen molar-refractivity contribution in [3.63, 3.8) is 0 Å². The molecule has 2 unspecified atom stereocenters. The van der Waals surface area contributed by atoms with Gasteiger partial charge >= 0.3 is 0 Å². The Hall–Kier alpha value is -1.13. The van der Waals surface area contributed by atoms with Gasteiger partial charge in [0.25, 0.3) is 0 Å². The zero-order valence-corrected chi connectivity index (χ0v) is 11.3. The van der Waals surface area contributed by atoms with Gasteiger partial charge in [0.1, 0.15) is 24.3 Å². The molecule has 0 aromatic heterocycles. The summed E-state index contributed by atoms with van der Waals surface area (Å²) in [6.07, 6.45) is 3.35. The lowest BCUT2D eigenvalue weighted by Gasteiger charge is -2.32. The Morgan fingerprint density at radius 3 is 2.63 bits per heavy atom. The van der Waals surface area contributed by atoms with Crippen molar-refractivity contribution in [3.05, 3.63) is 30.1 Å². The van der Waals surface area contributed by atoms with E-state index in [0.29, 0.717) is 18.3 Å². The third-order valence-electron chi connectivity index (χ3n) is 3.79. The number of ether oxygens (including phenoxy) is 1. The fourth-order valence-corrected chi connectivity index (χ4v) is 2.21. The van der Waals surface area contributed by atoms with Crippen molar-refractivity contribution < 1.29 is 14.2 Å². The first-order valence-corrected chi connectivity index (χ1v) is 6.95. The Balaban J connectivity index is 1.63. The SMILES string of the molecule is CC(NCC(O)COc1ccc(F)cc1)C1CCC1. The van der Waals surface area contributed by atoms with Crippen LogP contribution in [0.1, 0.15) is 26.2 Å². The number of aliphatic hydroxyl groups excluding tert-OH is 1. The molecule has 0 heterocycles. The van der Waals surface area contributed by atoms with Crippen LogP contribution in [0.5, 0.6) is 5.75 Å². The van der Waals surface area contributed by atoms with Gasteiger partial charge in [-0.2, -0.15) is 0 Å². The topological polar surface area (TPSA) is 41.5 Å². The largest absolute Gasteiger partial charge is 0.491 e. The van der Waals surface area contributed by atoms with E-state index >= 15 is 0 Å². The van der Waals surface area contributed by atoms with E-state index in [1.165, 1.54) is 31.4 Å². The van der Waals surface area contributed by atoms with Crippen molar-refractivity contribution in [2.24, 2.45) is 5.92 Å². The fraction of sp³-hybridized carbons (Fsp3) is 0.600. The predicted octanol–water partition coefficient (Wildman–Crippen LogP) is 2.34. The lowest BCUT2D eigenvalue weighted by atomic mass is 9.80. The second-order valence-electron chi connectivity index (χ2n) is 5.31. The summed E-state index contributed by atoms with van der Waals surface area (Å²) in [5.41, 5.74) is 0. The molecule has 106 valence electrons. The average molecular weight is 267 g/mol. The minimum atomic E-state index is -0.549. The van der Waals surface area contributed by atoms with Crippen LogP contribution in [0.15, 0.2) is 24.3 Å². The standard InChI is InChI=1S/C15H22FNO2/c1-11(12-3-2-4-12)17-9-14(18)10-19-15-7-5-13(16)6-8-15/h5-8,11-12,14,17-18H,2-4,9-10H2,1H3. The van der Waals surface area contributed by atoms with Crippen LogP contribution in [0.3, 0.4) is 0 Å². The molecule has 1 aromatic rings. The quantitative estimate of drug-likeness (QED) is 0.797. The van der Waals surface area contributed by atoms with Gasteiger partial charge in [-0.3, -0.25) is 0 Å². The zero-order valence-electron chi connectivity index (χ0n) is 11.3. The number of benzene rings is 1. The second kappa shape index (κ2) is 6.87. The fourth-order valence-electron chi connectivity index (χ4n) is 2.21. The van der Waals surface area contributed by atoms with Crippen molar-refractivity contribution in [1.29, 1.82) is 0 Å². The molecule has 3 nitrogen and oxygen atoms in total. The van der Waals surface area contributed by atoms with Crippen LogP contribution in [0.25, 0.3) is 0 Å². The van der Waals surface area contributed by atoms with E-state index in [9.17, 15) is 9.50 Å².